The lowest BCUT2D eigenvalue weighted by Crippen LogP contribution is -2.28. The molecule has 112 valence electrons. The third-order valence-electron chi connectivity index (χ3n) is 4.17. The molecule has 0 radical (unpaired) electrons. The smallest absolute Gasteiger partial charge is 0.252 e. The molecule has 1 aromatic carbocycles. The number of benzene rings is 1. The molecule has 1 heterocycles. The molecule has 1 amide bonds. The minimum absolute atomic E-state index is 0.0202. The summed E-state index contributed by atoms with van der Waals surface area (Å²) >= 11 is 0. The fourth-order valence-electron chi connectivity index (χ4n) is 2.57. The molecule has 21 heavy (non-hydrogen) atoms. The minimum atomic E-state index is -0.0641. The van der Waals surface area contributed by atoms with Crippen molar-refractivity contribution in [1.82, 2.24) is 15.1 Å². The molecule has 0 saturated heterocycles. The number of rotatable bonds is 3. The van der Waals surface area contributed by atoms with Crippen LogP contribution in [0.2, 0.25) is 0 Å². The van der Waals surface area contributed by atoms with Crippen LogP contribution in [0, 0.1) is 27.7 Å². The lowest BCUT2D eigenvalue weighted by Gasteiger charge is -2.18. The number of hydrogen-bond donors (Lipinski definition) is 1. The van der Waals surface area contributed by atoms with Crippen molar-refractivity contribution < 1.29 is 4.79 Å². The second-order valence-corrected chi connectivity index (χ2v) is 5.78. The summed E-state index contributed by atoms with van der Waals surface area (Å²) in [6.45, 7) is 10.1. The van der Waals surface area contributed by atoms with Gasteiger partial charge in [0.2, 0.25) is 0 Å². The Bertz CT molecular complexity index is 659. The maximum atomic E-state index is 12.6. The van der Waals surface area contributed by atoms with Gasteiger partial charge in [0.05, 0.1) is 12.2 Å². The highest BCUT2D eigenvalue weighted by atomic mass is 16.1. The van der Waals surface area contributed by atoms with Gasteiger partial charge in [0, 0.05) is 24.4 Å². The quantitative estimate of drug-likeness (QED) is 0.941. The number of hydrogen-bond acceptors (Lipinski definition) is 2. The van der Waals surface area contributed by atoms with Crippen LogP contribution in [0.5, 0.6) is 0 Å². The fourth-order valence-corrected chi connectivity index (χ4v) is 2.57. The molecule has 1 aromatic heterocycles. The van der Waals surface area contributed by atoms with E-state index in [1.807, 2.05) is 47.9 Å². The Labute approximate surface area is 126 Å². The molecular weight excluding hydrogens is 262 g/mol. The maximum Gasteiger partial charge on any atom is 0.252 e. The average molecular weight is 285 g/mol. The van der Waals surface area contributed by atoms with Crippen molar-refractivity contribution >= 4 is 5.91 Å². The van der Waals surface area contributed by atoms with Crippen LogP contribution in [-0.4, -0.2) is 15.7 Å². The molecule has 0 aliphatic carbocycles. The lowest BCUT2D eigenvalue weighted by molar-refractivity contribution is 0.0938. The van der Waals surface area contributed by atoms with Crippen LogP contribution < -0.4 is 5.32 Å². The maximum absolute atomic E-state index is 12.6. The van der Waals surface area contributed by atoms with Crippen LogP contribution in [0.4, 0.5) is 0 Å². The first-order valence-electron chi connectivity index (χ1n) is 7.18. The number of aryl methyl sites for hydroxylation is 3. The largest absolute Gasteiger partial charge is 0.345 e. The zero-order chi connectivity index (χ0) is 15.7. The molecule has 4 nitrogen and oxygen atoms in total. The van der Waals surface area contributed by atoms with Gasteiger partial charge in [0.25, 0.3) is 5.91 Å². The topological polar surface area (TPSA) is 46.9 Å². The summed E-state index contributed by atoms with van der Waals surface area (Å²) in [4.78, 5) is 12.6. The van der Waals surface area contributed by atoms with Gasteiger partial charge in [0.1, 0.15) is 0 Å². The average Bonchev–Trinajstić information content (AvgIpc) is 2.83. The van der Waals surface area contributed by atoms with Gasteiger partial charge in [-0.2, -0.15) is 5.10 Å². The van der Waals surface area contributed by atoms with Crippen molar-refractivity contribution in [3.8, 4) is 0 Å². The molecule has 0 spiro atoms. The first kappa shape index (κ1) is 15.3. The molecular formula is C17H23N3O. The molecule has 4 heteroatoms. The standard InChI is InChI=1S/C17H23N3O/c1-10-7-11(2)13(4)16(12(10)3)17(21)19-14(5)15-8-18-20(6)9-15/h7-9,14H,1-6H3,(H,19,21)/t14-/m0/s1. The van der Waals surface area contributed by atoms with E-state index in [1.165, 1.54) is 0 Å². The van der Waals surface area contributed by atoms with E-state index in [4.69, 9.17) is 0 Å². The van der Waals surface area contributed by atoms with E-state index in [0.29, 0.717) is 0 Å². The van der Waals surface area contributed by atoms with Gasteiger partial charge in [-0.3, -0.25) is 9.48 Å². The van der Waals surface area contributed by atoms with Crippen molar-refractivity contribution in [2.45, 2.75) is 40.7 Å². The third-order valence-corrected chi connectivity index (χ3v) is 4.17. The number of aromatic nitrogens is 2. The highest BCUT2D eigenvalue weighted by Gasteiger charge is 2.18. The molecule has 0 saturated carbocycles. The lowest BCUT2D eigenvalue weighted by atomic mass is 9.93. The molecule has 0 aliphatic heterocycles. The van der Waals surface area contributed by atoms with Crippen molar-refractivity contribution in [3.05, 3.63) is 51.8 Å². The first-order valence-corrected chi connectivity index (χ1v) is 7.18. The number of carbonyl (C=O) groups is 1. The van der Waals surface area contributed by atoms with E-state index in [-0.39, 0.29) is 11.9 Å². The van der Waals surface area contributed by atoms with Crippen LogP contribution in [0.1, 0.15) is 51.1 Å². The van der Waals surface area contributed by atoms with E-state index in [0.717, 1.165) is 33.4 Å². The summed E-state index contributed by atoms with van der Waals surface area (Å²) < 4.78 is 1.74. The Morgan fingerprint density at radius 2 is 1.76 bits per heavy atom. The summed E-state index contributed by atoms with van der Waals surface area (Å²) in [6, 6.07) is 2.07. The SMILES string of the molecule is Cc1cc(C)c(C)c(C(=O)N[C@@H](C)c2cnn(C)c2)c1C. The van der Waals surface area contributed by atoms with E-state index in [2.05, 4.69) is 16.5 Å². The number of amides is 1. The molecule has 1 atom stereocenters. The molecule has 0 bridgehead atoms. The molecule has 2 rings (SSSR count). The van der Waals surface area contributed by atoms with E-state index in [9.17, 15) is 4.79 Å². The van der Waals surface area contributed by atoms with Crippen molar-refractivity contribution in [1.29, 1.82) is 0 Å². The van der Waals surface area contributed by atoms with Gasteiger partial charge in [-0.15, -0.1) is 0 Å². The van der Waals surface area contributed by atoms with E-state index >= 15 is 0 Å². The number of carbonyl (C=O) groups excluding carboxylic acids is 1. The van der Waals surface area contributed by atoms with Gasteiger partial charge in [0.15, 0.2) is 0 Å². The summed E-state index contributed by atoms with van der Waals surface area (Å²) in [5.74, 6) is -0.0202. The van der Waals surface area contributed by atoms with Gasteiger partial charge in [-0.1, -0.05) is 6.07 Å². The minimum Gasteiger partial charge on any atom is -0.345 e. The van der Waals surface area contributed by atoms with Gasteiger partial charge < -0.3 is 5.32 Å². The molecule has 1 N–H and O–H groups in total. The van der Waals surface area contributed by atoms with Crippen molar-refractivity contribution in [2.75, 3.05) is 0 Å². The van der Waals surface area contributed by atoms with Gasteiger partial charge in [-0.05, 0) is 56.9 Å². The summed E-state index contributed by atoms with van der Waals surface area (Å²) in [5.41, 5.74) is 6.20. The van der Waals surface area contributed by atoms with Crippen LogP contribution in [0.15, 0.2) is 18.5 Å². The molecule has 2 aromatic rings. The van der Waals surface area contributed by atoms with Gasteiger partial charge in [-0.25, -0.2) is 0 Å². The van der Waals surface area contributed by atoms with Crippen LogP contribution in [0.25, 0.3) is 0 Å². The molecule has 0 unspecified atom stereocenters. The predicted molar refractivity (Wildman–Crippen MR) is 84.5 cm³/mol. The van der Waals surface area contributed by atoms with Crippen molar-refractivity contribution in [3.63, 3.8) is 0 Å². The zero-order valence-corrected chi connectivity index (χ0v) is 13.6. The fraction of sp³-hybridized carbons (Fsp3) is 0.412. The Hall–Kier alpha value is -2.10. The second-order valence-electron chi connectivity index (χ2n) is 5.78. The molecule has 0 aliphatic rings. The second kappa shape index (κ2) is 5.72. The predicted octanol–water partition coefficient (Wildman–Crippen LogP) is 3.14. The normalized spacial score (nSPS) is 12.3. The zero-order valence-electron chi connectivity index (χ0n) is 13.6. The third kappa shape index (κ3) is 2.99. The summed E-state index contributed by atoms with van der Waals surface area (Å²) in [5, 5.41) is 7.22. The molecule has 0 fully saturated rings. The highest BCUT2D eigenvalue weighted by molar-refractivity contribution is 5.98. The first-order chi connectivity index (χ1) is 9.81. The summed E-state index contributed by atoms with van der Waals surface area (Å²) in [6.07, 6.45) is 3.71. The number of nitrogens with zero attached hydrogens (tertiary/aromatic N) is 2. The Balaban J connectivity index is 2.29. The van der Waals surface area contributed by atoms with E-state index < -0.39 is 0 Å². The number of nitrogens with one attached hydrogen (secondary N) is 1. The highest BCUT2D eigenvalue weighted by Crippen LogP contribution is 2.22. The van der Waals surface area contributed by atoms with Crippen LogP contribution >= 0.6 is 0 Å². The Kier molecular flexibility index (Phi) is 4.16. The van der Waals surface area contributed by atoms with Gasteiger partial charge >= 0.3 is 0 Å². The van der Waals surface area contributed by atoms with Crippen LogP contribution in [0.3, 0.4) is 0 Å². The van der Waals surface area contributed by atoms with Crippen LogP contribution in [-0.2, 0) is 7.05 Å². The van der Waals surface area contributed by atoms with E-state index in [1.54, 1.807) is 10.9 Å². The summed E-state index contributed by atoms with van der Waals surface area (Å²) in [7, 11) is 1.87. The monoisotopic (exact) mass is 285 g/mol. The Morgan fingerprint density at radius 1 is 1.19 bits per heavy atom. The Morgan fingerprint density at radius 3 is 2.24 bits per heavy atom. The van der Waals surface area contributed by atoms with Crippen molar-refractivity contribution in [2.24, 2.45) is 7.05 Å².